The average molecular weight is 673 g/mol. The highest BCUT2D eigenvalue weighted by molar-refractivity contribution is 6.00. The zero-order chi connectivity index (χ0) is 34.2. The van der Waals surface area contributed by atoms with Crippen LogP contribution in [-0.4, -0.2) is 69.0 Å². The van der Waals surface area contributed by atoms with E-state index in [0.29, 0.717) is 18.9 Å². The van der Waals surface area contributed by atoms with Crippen molar-refractivity contribution in [2.45, 2.75) is 63.1 Å². The molecule has 0 saturated carbocycles. The summed E-state index contributed by atoms with van der Waals surface area (Å²) in [6.07, 6.45) is 6.77. The van der Waals surface area contributed by atoms with Crippen LogP contribution < -0.4 is 15.1 Å². The van der Waals surface area contributed by atoms with Crippen LogP contribution in [0.4, 0.5) is 16.0 Å². The maximum absolute atomic E-state index is 14.1. The Morgan fingerprint density at radius 2 is 1.70 bits per heavy atom. The van der Waals surface area contributed by atoms with Crippen molar-refractivity contribution in [3.8, 4) is 11.4 Å². The zero-order valence-corrected chi connectivity index (χ0v) is 28.2. The van der Waals surface area contributed by atoms with E-state index in [-0.39, 0.29) is 29.6 Å². The lowest BCUT2D eigenvalue weighted by atomic mass is 9.89. The van der Waals surface area contributed by atoms with Gasteiger partial charge in [0.2, 0.25) is 11.8 Å². The van der Waals surface area contributed by atoms with Crippen LogP contribution in [0.2, 0.25) is 0 Å². The molecule has 1 unspecified atom stereocenters. The number of anilines is 2. The third-order valence-corrected chi connectivity index (χ3v) is 10.6. The first-order chi connectivity index (χ1) is 24.4. The number of carbonyl (C=O) groups excluding carboxylic acids is 2. The maximum atomic E-state index is 14.1. The fraction of sp³-hybridized carbons (Fsp3) is 0.359. The van der Waals surface area contributed by atoms with Gasteiger partial charge in [0.15, 0.2) is 5.65 Å². The van der Waals surface area contributed by atoms with E-state index >= 15 is 0 Å². The monoisotopic (exact) mass is 672 g/mol. The number of carbonyl (C=O) groups is 2. The number of nitrogens with one attached hydrogen (secondary N) is 1. The third-order valence-electron chi connectivity index (χ3n) is 10.6. The van der Waals surface area contributed by atoms with Gasteiger partial charge < -0.3 is 9.80 Å². The summed E-state index contributed by atoms with van der Waals surface area (Å²) >= 11 is 0. The zero-order valence-electron chi connectivity index (χ0n) is 28.2. The molecular weight excluding hydrogens is 631 g/mol. The third kappa shape index (κ3) is 6.45. The summed E-state index contributed by atoms with van der Waals surface area (Å²) in [7, 11) is 2.17. The molecule has 0 spiro atoms. The number of pyridine rings is 1. The Hall–Kier alpha value is -5.16. The lowest BCUT2D eigenvalue weighted by molar-refractivity contribution is -0.134. The van der Waals surface area contributed by atoms with Crippen LogP contribution >= 0.6 is 0 Å². The highest BCUT2D eigenvalue weighted by Crippen LogP contribution is 2.36. The molecule has 11 heteroatoms. The first-order valence-electron chi connectivity index (χ1n) is 17.6. The molecule has 1 N–H and O–H groups in total. The summed E-state index contributed by atoms with van der Waals surface area (Å²) in [6, 6.07) is 25.8. The summed E-state index contributed by atoms with van der Waals surface area (Å²) in [6.45, 7) is 3.45. The van der Waals surface area contributed by atoms with Crippen molar-refractivity contribution in [1.82, 2.24) is 29.8 Å². The summed E-state index contributed by atoms with van der Waals surface area (Å²) in [5.74, 6) is 0.911. The molecule has 3 aliphatic rings. The van der Waals surface area contributed by atoms with E-state index in [4.69, 9.17) is 10.1 Å². The number of imide groups is 1. The van der Waals surface area contributed by atoms with Gasteiger partial charge in [0.1, 0.15) is 23.1 Å². The minimum atomic E-state index is -0.271. The number of hydrogen-bond acceptors (Lipinski definition) is 8. The summed E-state index contributed by atoms with van der Waals surface area (Å²) in [5.41, 5.74) is 5.52. The predicted molar refractivity (Wildman–Crippen MR) is 190 cm³/mol. The predicted octanol–water partition coefficient (Wildman–Crippen LogP) is 5.89. The Bertz CT molecular complexity index is 2040. The van der Waals surface area contributed by atoms with E-state index in [2.05, 4.69) is 56.3 Å². The molecule has 2 amide bonds. The van der Waals surface area contributed by atoms with E-state index in [1.54, 1.807) is 12.1 Å². The molecule has 256 valence electrons. The second-order valence-corrected chi connectivity index (χ2v) is 13.8. The molecule has 3 saturated heterocycles. The van der Waals surface area contributed by atoms with Crippen LogP contribution in [0.1, 0.15) is 67.2 Å². The molecule has 10 nitrogen and oxygen atoms in total. The van der Waals surface area contributed by atoms with E-state index < -0.39 is 0 Å². The average Bonchev–Trinajstić information content (AvgIpc) is 3.80. The number of amides is 2. The number of piperidine rings is 2. The van der Waals surface area contributed by atoms with Gasteiger partial charge in [-0.1, -0.05) is 42.5 Å². The van der Waals surface area contributed by atoms with Gasteiger partial charge >= 0.3 is 0 Å². The molecule has 6 heterocycles. The summed E-state index contributed by atoms with van der Waals surface area (Å²) in [4.78, 5) is 40.8. The van der Waals surface area contributed by atoms with Crippen molar-refractivity contribution in [3.63, 3.8) is 0 Å². The minimum absolute atomic E-state index is 0.0778. The highest BCUT2D eigenvalue weighted by atomic mass is 19.1. The molecule has 50 heavy (non-hydrogen) atoms. The number of rotatable bonds is 8. The Kier molecular flexibility index (Phi) is 8.74. The number of halogens is 1. The van der Waals surface area contributed by atoms with E-state index in [9.17, 15) is 14.0 Å². The van der Waals surface area contributed by atoms with Gasteiger partial charge in [0, 0.05) is 38.6 Å². The molecule has 3 aliphatic heterocycles. The molecule has 0 radical (unpaired) electrons. The van der Waals surface area contributed by atoms with Crippen molar-refractivity contribution in [3.05, 3.63) is 108 Å². The van der Waals surface area contributed by atoms with Crippen LogP contribution in [0.15, 0.2) is 85.1 Å². The number of benzene rings is 2. The van der Waals surface area contributed by atoms with Crippen molar-refractivity contribution in [2.75, 3.05) is 36.5 Å². The van der Waals surface area contributed by atoms with E-state index in [1.807, 2.05) is 47.1 Å². The summed E-state index contributed by atoms with van der Waals surface area (Å²) < 4.78 is 15.9. The number of aromatic nitrogens is 4. The first-order valence-corrected chi connectivity index (χ1v) is 17.6. The SMILES string of the molecule is CN(Cc1cccc(C2CCC(=O)NC2=O)c1)C1CCN(c2cccc(-c3cnc4ccc(N5CCC[C@@H]5c5cccc(F)c5)nn34)n2)CC1. The minimum Gasteiger partial charge on any atom is -0.356 e. The quantitative estimate of drug-likeness (QED) is 0.204. The smallest absolute Gasteiger partial charge is 0.234 e. The van der Waals surface area contributed by atoms with Gasteiger partial charge in [-0.25, -0.2) is 18.9 Å². The molecule has 3 aromatic heterocycles. The highest BCUT2D eigenvalue weighted by Gasteiger charge is 2.30. The van der Waals surface area contributed by atoms with Gasteiger partial charge in [-0.05, 0) is 92.2 Å². The lowest BCUT2D eigenvalue weighted by Gasteiger charge is -2.37. The fourth-order valence-electron chi connectivity index (χ4n) is 7.91. The van der Waals surface area contributed by atoms with Gasteiger partial charge in [-0.3, -0.25) is 19.8 Å². The van der Waals surface area contributed by atoms with E-state index in [1.165, 1.54) is 11.6 Å². The van der Waals surface area contributed by atoms with Crippen LogP contribution in [0.25, 0.3) is 17.0 Å². The van der Waals surface area contributed by atoms with Gasteiger partial charge in [-0.2, -0.15) is 0 Å². The van der Waals surface area contributed by atoms with Crippen LogP contribution in [-0.2, 0) is 16.1 Å². The number of imidazole rings is 1. The normalized spacial score (nSPS) is 20.2. The second-order valence-electron chi connectivity index (χ2n) is 13.8. The van der Waals surface area contributed by atoms with Crippen molar-refractivity contribution >= 4 is 29.1 Å². The molecule has 5 aromatic rings. The second kappa shape index (κ2) is 13.6. The number of hydrogen-bond donors (Lipinski definition) is 1. The fourth-order valence-corrected chi connectivity index (χ4v) is 7.91. The van der Waals surface area contributed by atoms with Gasteiger partial charge in [0.05, 0.1) is 23.9 Å². The maximum Gasteiger partial charge on any atom is 0.234 e. The van der Waals surface area contributed by atoms with Crippen LogP contribution in [0.5, 0.6) is 0 Å². The van der Waals surface area contributed by atoms with Crippen LogP contribution in [0.3, 0.4) is 0 Å². The Balaban J connectivity index is 0.936. The van der Waals surface area contributed by atoms with Crippen molar-refractivity contribution in [2.24, 2.45) is 0 Å². The summed E-state index contributed by atoms with van der Waals surface area (Å²) in [5, 5.41) is 7.51. The Labute approximate surface area is 290 Å². The largest absolute Gasteiger partial charge is 0.356 e. The molecule has 0 aliphatic carbocycles. The molecule has 3 fully saturated rings. The first kappa shape index (κ1) is 32.1. The van der Waals surface area contributed by atoms with Crippen LogP contribution in [0, 0.1) is 5.82 Å². The Morgan fingerprint density at radius 1 is 0.880 bits per heavy atom. The Morgan fingerprint density at radius 3 is 2.54 bits per heavy atom. The van der Waals surface area contributed by atoms with Crippen molar-refractivity contribution < 1.29 is 14.0 Å². The van der Waals surface area contributed by atoms with E-state index in [0.717, 1.165) is 91.7 Å². The molecule has 2 aromatic carbocycles. The number of nitrogens with zero attached hydrogens (tertiary/aromatic N) is 7. The van der Waals surface area contributed by atoms with Gasteiger partial charge in [-0.15, -0.1) is 5.10 Å². The standard InChI is InChI=1S/C39H41FN8O2/c1-45(25-26-6-2-7-27(22-26)31-13-16-38(49)43-39(31)50)30-17-20-46(21-18-30)36-12-4-10-32(42-36)34-24-41-35-14-15-37(44-48(34)35)47-19-5-11-33(47)28-8-3-9-29(40)23-28/h2-4,6-10,12,14-15,22-24,30-31,33H,5,11,13,16-21,25H2,1H3,(H,43,49,50)/t31?,33-/m1/s1. The van der Waals surface area contributed by atoms with Crippen molar-refractivity contribution in [1.29, 1.82) is 0 Å². The topological polar surface area (TPSA) is 99.0 Å². The molecular formula is C39H41FN8O2. The molecule has 0 bridgehead atoms. The molecule has 8 rings (SSSR count). The number of fused-ring (bicyclic) bond motifs is 1. The lowest BCUT2D eigenvalue weighted by Crippen LogP contribution is -2.43. The van der Waals surface area contributed by atoms with Gasteiger partial charge in [0.25, 0.3) is 0 Å². The molecule has 2 atom stereocenters.